The lowest BCUT2D eigenvalue weighted by Gasteiger charge is -2.15. The molecule has 30 heavy (non-hydrogen) atoms. The minimum Gasteiger partial charge on any atom is -0.324 e. The van der Waals surface area contributed by atoms with Gasteiger partial charge < -0.3 is 5.32 Å². The zero-order valence-electron chi connectivity index (χ0n) is 17.1. The van der Waals surface area contributed by atoms with E-state index in [1.165, 1.54) is 27.8 Å². The quantitative estimate of drug-likeness (QED) is 0.470. The van der Waals surface area contributed by atoms with Crippen LogP contribution in [0.5, 0.6) is 0 Å². The van der Waals surface area contributed by atoms with Crippen molar-refractivity contribution in [2.75, 3.05) is 5.32 Å². The predicted octanol–water partition coefficient (Wildman–Crippen LogP) is 5.45. The molecule has 4 rings (SSSR count). The van der Waals surface area contributed by atoms with Gasteiger partial charge in [0.2, 0.25) is 5.91 Å². The average molecular weight is 418 g/mol. The number of nitrogens with zero attached hydrogens (tertiary/aromatic N) is 2. The number of fused-ring (bicyclic) bond motifs is 1. The third-order valence-corrected chi connectivity index (χ3v) is 6.13. The summed E-state index contributed by atoms with van der Waals surface area (Å²) in [5, 5.41) is 5.36. The van der Waals surface area contributed by atoms with Crippen LogP contribution in [0.15, 0.2) is 71.1 Å². The Morgan fingerprint density at radius 1 is 1.03 bits per heavy atom. The Bertz CT molecular complexity index is 1240. The Morgan fingerprint density at radius 3 is 2.40 bits per heavy atom. The summed E-state index contributed by atoms with van der Waals surface area (Å²) in [6.07, 6.45) is 1.46. The Hall–Kier alpha value is -3.25. The van der Waals surface area contributed by atoms with Crippen LogP contribution in [0, 0.1) is 0 Å². The van der Waals surface area contributed by atoms with Crippen LogP contribution in [-0.4, -0.2) is 15.5 Å². The smallest absolute Gasteiger partial charge is 0.263 e. The molecule has 1 atom stereocenters. The van der Waals surface area contributed by atoms with Gasteiger partial charge in [0.15, 0.2) is 0 Å². The first-order valence-corrected chi connectivity index (χ1v) is 10.8. The summed E-state index contributed by atoms with van der Waals surface area (Å²) >= 11 is 1.44. The summed E-state index contributed by atoms with van der Waals surface area (Å²) in [5.41, 5.74) is 3.56. The van der Waals surface area contributed by atoms with E-state index in [0.29, 0.717) is 21.8 Å². The second kappa shape index (κ2) is 8.24. The van der Waals surface area contributed by atoms with Gasteiger partial charge in [-0.3, -0.25) is 14.2 Å². The number of aromatic nitrogens is 2. The minimum absolute atomic E-state index is 0.208. The van der Waals surface area contributed by atoms with E-state index in [1.54, 1.807) is 6.92 Å². The molecule has 0 unspecified atom stereocenters. The summed E-state index contributed by atoms with van der Waals surface area (Å²) in [5.74, 6) is 0.184. The van der Waals surface area contributed by atoms with Gasteiger partial charge in [-0.1, -0.05) is 56.3 Å². The highest BCUT2D eigenvalue weighted by atomic mass is 32.1. The van der Waals surface area contributed by atoms with E-state index in [4.69, 9.17) is 0 Å². The van der Waals surface area contributed by atoms with Gasteiger partial charge in [-0.05, 0) is 36.1 Å². The molecule has 0 spiro atoms. The third-order valence-electron chi connectivity index (χ3n) is 5.25. The molecule has 2 aromatic carbocycles. The zero-order chi connectivity index (χ0) is 21.3. The number of rotatable bonds is 5. The minimum atomic E-state index is -0.689. The van der Waals surface area contributed by atoms with Crippen LogP contribution in [-0.2, 0) is 4.79 Å². The number of anilines is 1. The lowest BCUT2D eigenvalue weighted by atomic mass is 9.99. The van der Waals surface area contributed by atoms with Crippen LogP contribution in [0.2, 0.25) is 0 Å². The van der Waals surface area contributed by atoms with E-state index in [-0.39, 0.29) is 11.5 Å². The molecule has 1 N–H and O–H groups in total. The van der Waals surface area contributed by atoms with Crippen LogP contribution in [0.1, 0.15) is 38.3 Å². The summed E-state index contributed by atoms with van der Waals surface area (Å²) < 4.78 is 1.40. The molecule has 0 bridgehead atoms. The zero-order valence-corrected chi connectivity index (χ0v) is 17.9. The van der Waals surface area contributed by atoms with Crippen molar-refractivity contribution in [1.29, 1.82) is 0 Å². The second-order valence-electron chi connectivity index (χ2n) is 7.59. The van der Waals surface area contributed by atoms with Gasteiger partial charge in [-0.2, -0.15) is 0 Å². The van der Waals surface area contributed by atoms with Crippen molar-refractivity contribution in [1.82, 2.24) is 9.55 Å². The Morgan fingerprint density at radius 2 is 1.73 bits per heavy atom. The normalized spacial score (nSPS) is 12.3. The van der Waals surface area contributed by atoms with Crippen LogP contribution >= 0.6 is 11.3 Å². The summed E-state index contributed by atoms with van der Waals surface area (Å²) in [6, 6.07) is 16.8. The number of carbonyl (C=O) groups is 1. The Balaban J connectivity index is 1.70. The maximum atomic E-state index is 13.3. The Kier molecular flexibility index (Phi) is 5.50. The van der Waals surface area contributed by atoms with Gasteiger partial charge in [-0.25, -0.2) is 4.98 Å². The van der Waals surface area contributed by atoms with Crippen molar-refractivity contribution in [2.45, 2.75) is 32.7 Å². The standard InChI is InChI=1S/C24H23N3O2S/c1-15(2)17-9-11-18(12-10-17)20-13-30-23-21(20)24(29)27(14-25-23)16(3)22(28)26-19-7-5-4-6-8-19/h4-16H,1-3H3,(H,26,28)/t16-/m1/s1. The monoisotopic (exact) mass is 417 g/mol. The predicted molar refractivity (Wildman–Crippen MR) is 123 cm³/mol. The maximum Gasteiger partial charge on any atom is 0.263 e. The highest BCUT2D eigenvalue weighted by molar-refractivity contribution is 7.17. The fraction of sp³-hybridized carbons (Fsp3) is 0.208. The molecule has 2 aromatic heterocycles. The number of benzene rings is 2. The van der Waals surface area contributed by atoms with E-state index in [1.807, 2.05) is 47.8 Å². The molecule has 0 saturated heterocycles. The van der Waals surface area contributed by atoms with E-state index >= 15 is 0 Å². The van der Waals surface area contributed by atoms with Crippen molar-refractivity contribution in [3.05, 3.63) is 82.2 Å². The molecule has 1 amide bonds. The molecule has 0 aliphatic rings. The van der Waals surface area contributed by atoms with Crippen LogP contribution in [0.3, 0.4) is 0 Å². The van der Waals surface area contributed by atoms with E-state index in [9.17, 15) is 9.59 Å². The first kappa shape index (κ1) is 20.0. The van der Waals surface area contributed by atoms with E-state index in [2.05, 4.69) is 36.3 Å². The van der Waals surface area contributed by atoms with E-state index < -0.39 is 6.04 Å². The molecule has 2 heterocycles. The molecule has 0 aliphatic carbocycles. The number of para-hydroxylation sites is 1. The van der Waals surface area contributed by atoms with Crippen molar-refractivity contribution in [2.24, 2.45) is 0 Å². The number of hydrogen-bond donors (Lipinski definition) is 1. The van der Waals surface area contributed by atoms with Crippen LogP contribution in [0.4, 0.5) is 5.69 Å². The Labute approximate surface area is 179 Å². The van der Waals surface area contributed by atoms with Crippen molar-refractivity contribution in [3.63, 3.8) is 0 Å². The molecule has 0 aliphatic heterocycles. The van der Waals surface area contributed by atoms with Gasteiger partial charge in [0, 0.05) is 16.6 Å². The second-order valence-corrected chi connectivity index (χ2v) is 8.45. The SMILES string of the molecule is CC(C)c1ccc(-c2csc3ncn([C@H](C)C(=O)Nc4ccccc4)c(=O)c23)cc1. The largest absolute Gasteiger partial charge is 0.324 e. The number of thiophene rings is 1. The highest BCUT2D eigenvalue weighted by Crippen LogP contribution is 2.31. The molecule has 5 nitrogen and oxygen atoms in total. The van der Waals surface area contributed by atoms with Crippen molar-refractivity contribution >= 4 is 33.1 Å². The summed E-state index contributed by atoms with van der Waals surface area (Å²) in [7, 11) is 0. The van der Waals surface area contributed by atoms with Crippen LogP contribution in [0.25, 0.3) is 21.3 Å². The van der Waals surface area contributed by atoms with E-state index in [0.717, 1.165) is 11.1 Å². The molecule has 6 heteroatoms. The fourth-order valence-electron chi connectivity index (χ4n) is 3.38. The number of nitrogens with one attached hydrogen (secondary N) is 1. The van der Waals surface area contributed by atoms with Gasteiger partial charge in [0.05, 0.1) is 11.7 Å². The summed E-state index contributed by atoms with van der Waals surface area (Å²) in [6.45, 7) is 6.01. The number of amides is 1. The topological polar surface area (TPSA) is 64.0 Å². The summed E-state index contributed by atoms with van der Waals surface area (Å²) in [4.78, 5) is 31.1. The maximum absolute atomic E-state index is 13.3. The number of carbonyl (C=O) groups excluding carboxylic acids is 1. The molecule has 152 valence electrons. The molecular formula is C24H23N3O2S. The number of hydrogen-bond acceptors (Lipinski definition) is 4. The molecular weight excluding hydrogens is 394 g/mol. The molecule has 0 saturated carbocycles. The van der Waals surface area contributed by atoms with Crippen molar-refractivity contribution < 1.29 is 4.79 Å². The lowest BCUT2D eigenvalue weighted by Crippen LogP contribution is -2.31. The first-order chi connectivity index (χ1) is 14.5. The first-order valence-electron chi connectivity index (χ1n) is 9.90. The molecule has 4 aromatic rings. The molecule has 0 fully saturated rings. The lowest BCUT2D eigenvalue weighted by molar-refractivity contribution is -0.118. The molecule has 0 radical (unpaired) electrons. The van der Waals surface area contributed by atoms with Gasteiger partial charge in [0.25, 0.3) is 5.56 Å². The van der Waals surface area contributed by atoms with Crippen molar-refractivity contribution in [3.8, 4) is 11.1 Å². The van der Waals surface area contributed by atoms with Crippen LogP contribution < -0.4 is 10.9 Å². The van der Waals surface area contributed by atoms with Gasteiger partial charge >= 0.3 is 0 Å². The van der Waals surface area contributed by atoms with Gasteiger partial charge in [-0.15, -0.1) is 11.3 Å². The fourth-order valence-corrected chi connectivity index (χ4v) is 4.28. The third kappa shape index (κ3) is 3.78. The van der Waals surface area contributed by atoms with Gasteiger partial charge in [0.1, 0.15) is 10.9 Å². The highest BCUT2D eigenvalue weighted by Gasteiger charge is 2.20. The average Bonchev–Trinajstić information content (AvgIpc) is 3.19.